The maximum atomic E-state index is 14.1. The molecule has 2 radical (unpaired) electrons. The molecule has 3 N–H and O–H groups in total. The lowest BCUT2D eigenvalue weighted by molar-refractivity contribution is 0.588. The van der Waals surface area contributed by atoms with E-state index in [2.05, 4.69) is 31.2 Å². The van der Waals surface area contributed by atoms with Crippen LogP contribution in [0.5, 0.6) is 0 Å². The second-order valence-electron chi connectivity index (χ2n) is 13.1. The van der Waals surface area contributed by atoms with E-state index >= 15 is 0 Å². The number of hydrogen-bond donors (Lipinski definition) is 3. The highest BCUT2D eigenvalue weighted by molar-refractivity contribution is 9.10. The molecular formula is C42H36B2BrF6N6-. The van der Waals surface area contributed by atoms with Crippen LogP contribution >= 0.6 is 15.9 Å². The predicted molar refractivity (Wildman–Crippen MR) is 218 cm³/mol. The Hall–Kier alpha value is -5.63. The van der Waals surface area contributed by atoms with Crippen molar-refractivity contribution >= 4 is 37.1 Å². The Morgan fingerprint density at radius 2 is 1.16 bits per heavy atom. The molecule has 4 aromatic carbocycles. The van der Waals surface area contributed by atoms with Gasteiger partial charge in [-0.15, -0.1) is 0 Å². The Labute approximate surface area is 337 Å². The smallest absolute Gasteiger partial charge is 0.143 e. The number of hydrogen-bond acceptors (Lipinski definition) is 4. The molecule has 0 aliphatic carbocycles. The first kappa shape index (κ1) is 42.5. The van der Waals surface area contributed by atoms with E-state index in [9.17, 15) is 26.3 Å². The molecule has 6 nitrogen and oxygen atoms in total. The molecule has 2 aromatic heterocycles. The average molecular weight is 840 g/mol. The third-order valence-electron chi connectivity index (χ3n) is 9.42. The van der Waals surface area contributed by atoms with Crippen LogP contribution in [0.15, 0.2) is 77.3 Å². The molecular weight excluding hydrogens is 804 g/mol. The topological polar surface area (TPSA) is 94.4 Å². The van der Waals surface area contributed by atoms with E-state index in [1.54, 1.807) is 12.1 Å². The number of fused-ring (bicyclic) bond motifs is 2. The van der Waals surface area contributed by atoms with Crippen LogP contribution in [0.3, 0.4) is 0 Å². The van der Waals surface area contributed by atoms with E-state index in [4.69, 9.17) is 18.3 Å². The fraction of sp³-hybridized carbons (Fsp3) is 0.190. The van der Waals surface area contributed by atoms with Crippen molar-refractivity contribution in [3.05, 3.63) is 157 Å². The molecule has 0 spiro atoms. The summed E-state index contributed by atoms with van der Waals surface area (Å²) in [6.45, 7) is 6.42. The highest BCUT2D eigenvalue weighted by Gasteiger charge is 2.24. The van der Waals surface area contributed by atoms with Crippen molar-refractivity contribution in [1.29, 1.82) is 10.5 Å². The Morgan fingerprint density at radius 3 is 1.68 bits per heavy atom. The lowest BCUT2D eigenvalue weighted by atomic mass is 9.81. The Bertz CT molecular complexity index is 2420. The maximum Gasteiger partial charge on any atom is 0.143 e. The van der Waals surface area contributed by atoms with E-state index in [0.717, 1.165) is 58.8 Å². The zero-order valence-electron chi connectivity index (χ0n) is 30.2. The largest absolute Gasteiger partial charge is 0.366 e. The van der Waals surface area contributed by atoms with Gasteiger partial charge in [-0.1, -0.05) is 35.8 Å². The van der Waals surface area contributed by atoms with E-state index < -0.39 is 34.9 Å². The van der Waals surface area contributed by atoms with Crippen LogP contribution in [0.2, 0.25) is 0 Å². The van der Waals surface area contributed by atoms with Crippen molar-refractivity contribution in [3.63, 3.8) is 0 Å². The van der Waals surface area contributed by atoms with Crippen molar-refractivity contribution in [2.24, 2.45) is 0 Å². The minimum absolute atomic E-state index is 0.0212. The SMILES string of the molecule is Cc1cc(C#N)c(F)cc1Br.Cc1cc(C#N)c(F)cc1N1CCc2[nH]c(-c3c(F)cccc3F)cc2C1.Fc1cccc(F)c1-c1cc2c([nH]1)CCNC2.[B][BH3-]. The number of rotatable bonds is 3. The molecule has 57 heavy (non-hydrogen) atoms. The van der Waals surface area contributed by atoms with Gasteiger partial charge in [0.15, 0.2) is 0 Å². The summed E-state index contributed by atoms with van der Waals surface area (Å²) in [7, 11) is 5.00. The summed E-state index contributed by atoms with van der Waals surface area (Å²) >= 11 is 3.16. The van der Waals surface area contributed by atoms with Crippen LogP contribution in [0.4, 0.5) is 32.0 Å². The Kier molecular flexibility index (Phi) is 14.2. The summed E-state index contributed by atoms with van der Waals surface area (Å²) in [5, 5.41) is 20.6. The molecule has 0 atom stereocenters. The molecule has 0 unspecified atom stereocenters. The lowest BCUT2D eigenvalue weighted by Crippen LogP contribution is -2.30. The van der Waals surface area contributed by atoms with Gasteiger partial charge in [-0.25, -0.2) is 26.3 Å². The second kappa shape index (κ2) is 19.0. The van der Waals surface area contributed by atoms with Crippen LogP contribution in [0.25, 0.3) is 22.5 Å². The van der Waals surface area contributed by atoms with E-state index in [1.165, 1.54) is 60.7 Å². The summed E-state index contributed by atoms with van der Waals surface area (Å²) in [6, 6.07) is 20.6. The van der Waals surface area contributed by atoms with Gasteiger partial charge in [-0.2, -0.15) is 18.3 Å². The maximum absolute atomic E-state index is 14.1. The molecule has 0 saturated heterocycles. The average Bonchev–Trinajstić information content (AvgIpc) is 3.82. The molecule has 4 heterocycles. The molecule has 2 aliphatic rings. The number of aryl methyl sites for hydroxylation is 2. The summed E-state index contributed by atoms with van der Waals surface area (Å²) in [6.07, 6.45) is 1.51. The van der Waals surface area contributed by atoms with Crippen molar-refractivity contribution in [2.75, 3.05) is 18.0 Å². The molecule has 2 aliphatic heterocycles. The minimum Gasteiger partial charge on any atom is -0.366 e. The van der Waals surface area contributed by atoms with E-state index in [1.807, 2.05) is 30.9 Å². The first-order chi connectivity index (χ1) is 27.4. The van der Waals surface area contributed by atoms with Gasteiger partial charge in [-0.3, -0.25) is 0 Å². The van der Waals surface area contributed by atoms with Crippen LogP contribution in [-0.4, -0.2) is 38.5 Å². The number of H-pyrrole nitrogens is 2. The van der Waals surface area contributed by atoms with Crippen LogP contribution in [0, 0.1) is 71.4 Å². The van der Waals surface area contributed by atoms with Gasteiger partial charge >= 0.3 is 0 Å². The number of nitrogens with zero attached hydrogens (tertiary/aromatic N) is 3. The van der Waals surface area contributed by atoms with E-state index in [0.29, 0.717) is 35.4 Å². The highest BCUT2D eigenvalue weighted by atomic mass is 79.9. The quantitative estimate of drug-likeness (QED) is 0.123. The zero-order valence-corrected chi connectivity index (χ0v) is 31.8. The summed E-state index contributed by atoms with van der Waals surface area (Å²) < 4.78 is 82.9. The standard InChI is InChI=1S/C21H16F3N3.C13H12F2N2.C8H5BrFN.B2H3/c1-12-7-13(10-25)17(24)9-20(12)27-6-5-18-14(11-27)8-19(26-18)21-15(22)3-2-4-16(21)23;14-9-2-1-3-10(15)13(9)12-6-8-7-16-5-4-11(8)17-12;1-5-2-6(4-11)8(10)3-7(5)9;1-2/h2-4,7-9,26H,5-6,11H2,1H3;1-3,6,16-17H,4-5,7H2;2-3H,1H3;1H3/q;;;-1. The third kappa shape index (κ3) is 9.67. The molecule has 8 rings (SSSR count). The third-order valence-corrected chi connectivity index (χ3v) is 10.3. The van der Waals surface area contributed by atoms with Crippen LogP contribution < -0.4 is 10.2 Å². The minimum atomic E-state index is -0.615. The van der Waals surface area contributed by atoms with Gasteiger partial charge in [0.25, 0.3) is 0 Å². The van der Waals surface area contributed by atoms with Gasteiger partial charge in [-0.05, 0) is 96.8 Å². The summed E-state index contributed by atoms with van der Waals surface area (Å²) in [5.74, 6) is -3.32. The van der Waals surface area contributed by atoms with E-state index in [-0.39, 0.29) is 30.0 Å². The predicted octanol–water partition coefficient (Wildman–Crippen LogP) is 8.65. The molecule has 15 heteroatoms. The van der Waals surface area contributed by atoms with Crippen LogP contribution in [-0.2, 0) is 25.9 Å². The number of benzene rings is 4. The highest BCUT2D eigenvalue weighted by Crippen LogP contribution is 2.33. The van der Waals surface area contributed by atoms with Gasteiger partial charge in [0.2, 0.25) is 0 Å². The van der Waals surface area contributed by atoms with Gasteiger partial charge in [0.05, 0.1) is 33.6 Å². The zero-order chi connectivity index (χ0) is 41.4. The lowest BCUT2D eigenvalue weighted by Gasteiger charge is -2.30. The number of anilines is 1. The first-order valence-electron chi connectivity index (χ1n) is 17.2. The number of halogens is 7. The monoisotopic (exact) mass is 839 g/mol. The molecule has 0 amide bonds. The Balaban J connectivity index is 0.000000176. The second-order valence-corrected chi connectivity index (χ2v) is 13.9. The van der Waals surface area contributed by atoms with Gasteiger partial charge < -0.3 is 20.2 Å². The molecule has 290 valence electrons. The molecule has 0 bridgehead atoms. The summed E-state index contributed by atoms with van der Waals surface area (Å²) in [4.78, 5) is 8.25. The number of nitriles is 2. The Morgan fingerprint density at radius 1 is 0.667 bits per heavy atom. The van der Waals surface area contributed by atoms with Crippen LogP contribution in [0.1, 0.15) is 44.8 Å². The normalized spacial score (nSPS) is 12.6. The molecule has 0 fully saturated rings. The number of aromatic nitrogens is 2. The van der Waals surface area contributed by atoms with Gasteiger partial charge in [0.1, 0.15) is 47.0 Å². The van der Waals surface area contributed by atoms with Crippen molar-refractivity contribution in [3.8, 4) is 34.7 Å². The molecule has 6 aromatic rings. The van der Waals surface area contributed by atoms with Crippen molar-refractivity contribution < 1.29 is 26.3 Å². The molecule has 0 saturated carbocycles. The fourth-order valence-electron chi connectivity index (χ4n) is 6.62. The fourth-order valence-corrected chi connectivity index (χ4v) is 6.93. The first-order valence-corrected chi connectivity index (χ1v) is 18.0. The summed E-state index contributed by atoms with van der Waals surface area (Å²) in [5.41, 5.74) is 7.40. The van der Waals surface area contributed by atoms with Crippen molar-refractivity contribution in [1.82, 2.24) is 15.3 Å². The number of nitrogens with one attached hydrogen (secondary N) is 3. The van der Waals surface area contributed by atoms with Gasteiger partial charge in [0, 0.05) is 60.6 Å². The number of aromatic amines is 2. The van der Waals surface area contributed by atoms with Crippen molar-refractivity contribution in [2.45, 2.75) is 39.8 Å².